The molecule has 0 aromatic heterocycles. The Labute approximate surface area is 171 Å². The second kappa shape index (κ2) is 8.55. The van der Waals surface area contributed by atoms with Gasteiger partial charge in [-0.05, 0) is 72.3 Å². The fraction of sp³-hybridized carbons (Fsp3) is 0.481. The second-order valence-electron chi connectivity index (χ2n) is 8.81. The molecule has 1 saturated carbocycles. The lowest BCUT2D eigenvalue weighted by Crippen LogP contribution is -2.42. The highest BCUT2D eigenvalue weighted by Gasteiger charge is 2.33. The molecule has 2 aromatic carbocycles. The summed E-state index contributed by atoms with van der Waals surface area (Å²) >= 11 is 0. The first-order valence-electron chi connectivity index (χ1n) is 11.3. The van der Waals surface area contributed by atoms with Crippen molar-refractivity contribution in [1.29, 1.82) is 0 Å². The van der Waals surface area contributed by atoms with E-state index in [0.717, 1.165) is 18.9 Å². The fourth-order valence-electron chi connectivity index (χ4n) is 5.25. The standard InChI is InChI=1S/C27H35N/c1-4-9-22-16-20(5-2)12-15-26(22)25-17-23-10-7-8-11-27(23)28(19-25)18-24-14-13-21(24)6-3/h6-8,10-12,15-16,21,24-25H,3-5,9,13-14,17-19H2,1-2H3. The summed E-state index contributed by atoms with van der Waals surface area (Å²) in [6.45, 7) is 11.0. The van der Waals surface area contributed by atoms with E-state index in [4.69, 9.17) is 0 Å². The van der Waals surface area contributed by atoms with Crippen molar-refractivity contribution in [2.75, 3.05) is 18.0 Å². The third-order valence-corrected chi connectivity index (χ3v) is 7.05. The van der Waals surface area contributed by atoms with Crippen LogP contribution < -0.4 is 4.90 Å². The molecule has 0 saturated heterocycles. The summed E-state index contributed by atoms with van der Waals surface area (Å²) in [4.78, 5) is 2.69. The quantitative estimate of drug-likeness (QED) is 0.497. The molecule has 0 bridgehead atoms. The molecule has 1 aliphatic heterocycles. The van der Waals surface area contributed by atoms with E-state index in [1.54, 1.807) is 11.1 Å². The van der Waals surface area contributed by atoms with Crippen molar-refractivity contribution in [1.82, 2.24) is 0 Å². The molecule has 2 aromatic rings. The molecule has 28 heavy (non-hydrogen) atoms. The molecule has 0 N–H and O–H groups in total. The highest BCUT2D eigenvalue weighted by Crippen LogP contribution is 2.40. The Morgan fingerprint density at radius 2 is 1.96 bits per heavy atom. The average molecular weight is 374 g/mol. The van der Waals surface area contributed by atoms with Crippen LogP contribution in [0.2, 0.25) is 0 Å². The molecule has 148 valence electrons. The summed E-state index contributed by atoms with van der Waals surface area (Å²) in [5.41, 5.74) is 7.64. The minimum atomic E-state index is 0.601. The van der Waals surface area contributed by atoms with Crippen LogP contribution in [0.4, 0.5) is 5.69 Å². The normalized spacial score (nSPS) is 23.8. The molecule has 1 aliphatic carbocycles. The molecule has 1 fully saturated rings. The summed E-state index contributed by atoms with van der Waals surface area (Å²) in [5, 5.41) is 0. The number of para-hydroxylation sites is 1. The average Bonchev–Trinajstić information content (AvgIpc) is 2.71. The van der Waals surface area contributed by atoms with Gasteiger partial charge in [0.15, 0.2) is 0 Å². The van der Waals surface area contributed by atoms with Crippen LogP contribution in [-0.2, 0) is 19.3 Å². The van der Waals surface area contributed by atoms with Crippen molar-refractivity contribution in [3.63, 3.8) is 0 Å². The Kier molecular flexibility index (Phi) is 5.90. The van der Waals surface area contributed by atoms with Crippen LogP contribution in [0.15, 0.2) is 55.1 Å². The van der Waals surface area contributed by atoms with E-state index in [0.29, 0.717) is 11.8 Å². The smallest absolute Gasteiger partial charge is 0.0399 e. The predicted molar refractivity (Wildman–Crippen MR) is 121 cm³/mol. The van der Waals surface area contributed by atoms with Gasteiger partial charge in [0.2, 0.25) is 0 Å². The van der Waals surface area contributed by atoms with Crippen LogP contribution in [0.25, 0.3) is 0 Å². The lowest BCUT2D eigenvalue weighted by atomic mass is 9.73. The number of rotatable bonds is 7. The number of fused-ring (bicyclic) bond motifs is 1. The SMILES string of the molecule is C=CC1CCC1CN1CC(c2ccc(CC)cc2CCC)Cc2ccccc21. The Morgan fingerprint density at radius 3 is 2.68 bits per heavy atom. The number of hydrogen-bond donors (Lipinski definition) is 0. The van der Waals surface area contributed by atoms with Gasteiger partial charge in [-0.25, -0.2) is 0 Å². The largest absolute Gasteiger partial charge is 0.370 e. The highest BCUT2D eigenvalue weighted by molar-refractivity contribution is 5.57. The van der Waals surface area contributed by atoms with Crippen molar-refractivity contribution in [3.8, 4) is 0 Å². The van der Waals surface area contributed by atoms with Gasteiger partial charge in [-0.3, -0.25) is 0 Å². The van der Waals surface area contributed by atoms with E-state index in [1.165, 1.54) is 55.5 Å². The molecule has 0 radical (unpaired) electrons. The van der Waals surface area contributed by atoms with Gasteiger partial charge in [-0.15, -0.1) is 6.58 Å². The molecule has 1 heterocycles. The van der Waals surface area contributed by atoms with E-state index in [2.05, 4.69) is 73.9 Å². The minimum Gasteiger partial charge on any atom is -0.370 e. The third-order valence-electron chi connectivity index (χ3n) is 7.05. The molecule has 2 aliphatic rings. The number of benzene rings is 2. The van der Waals surface area contributed by atoms with Crippen LogP contribution in [0.1, 0.15) is 61.3 Å². The molecule has 1 nitrogen and oxygen atoms in total. The summed E-state index contributed by atoms with van der Waals surface area (Å²) in [5.74, 6) is 2.10. The summed E-state index contributed by atoms with van der Waals surface area (Å²) in [6, 6.07) is 16.4. The monoisotopic (exact) mass is 373 g/mol. The zero-order valence-electron chi connectivity index (χ0n) is 17.7. The maximum absolute atomic E-state index is 4.06. The van der Waals surface area contributed by atoms with Crippen LogP contribution in [0, 0.1) is 11.8 Å². The van der Waals surface area contributed by atoms with Gasteiger partial charge in [-0.1, -0.05) is 62.7 Å². The zero-order valence-corrected chi connectivity index (χ0v) is 17.7. The lowest BCUT2D eigenvalue weighted by Gasteiger charge is -2.43. The van der Waals surface area contributed by atoms with Gasteiger partial charge >= 0.3 is 0 Å². The molecule has 4 rings (SSSR count). The first kappa shape index (κ1) is 19.3. The second-order valence-corrected chi connectivity index (χ2v) is 8.81. The van der Waals surface area contributed by atoms with Gasteiger partial charge in [0.05, 0.1) is 0 Å². The number of allylic oxidation sites excluding steroid dienone is 1. The third kappa shape index (κ3) is 3.77. The van der Waals surface area contributed by atoms with Crippen LogP contribution in [-0.4, -0.2) is 13.1 Å². The Hall–Kier alpha value is -2.02. The lowest BCUT2D eigenvalue weighted by molar-refractivity contribution is 0.229. The van der Waals surface area contributed by atoms with Gasteiger partial charge in [-0.2, -0.15) is 0 Å². The van der Waals surface area contributed by atoms with Crippen molar-refractivity contribution in [3.05, 3.63) is 77.4 Å². The van der Waals surface area contributed by atoms with E-state index in [9.17, 15) is 0 Å². The molecular weight excluding hydrogens is 338 g/mol. The van der Waals surface area contributed by atoms with Gasteiger partial charge < -0.3 is 4.90 Å². The Morgan fingerprint density at radius 1 is 1.11 bits per heavy atom. The van der Waals surface area contributed by atoms with Crippen LogP contribution in [0.5, 0.6) is 0 Å². The topological polar surface area (TPSA) is 3.24 Å². The number of hydrogen-bond acceptors (Lipinski definition) is 1. The van der Waals surface area contributed by atoms with Crippen molar-refractivity contribution < 1.29 is 0 Å². The summed E-state index contributed by atoms with van der Waals surface area (Å²) < 4.78 is 0. The number of anilines is 1. The molecule has 3 unspecified atom stereocenters. The van der Waals surface area contributed by atoms with E-state index < -0.39 is 0 Å². The highest BCUT2D eigenvalue weighted by atomic mass is 15.1. The predicted octanol–water partition coefficient (Wildman–Crippen LogP) is 6.56. The maximum atomic E-state index is 4.06. The first-order valence-corrected chi connectivity index (χ1v) is 11.3. The number of aryl methyl sites for hydroxylation is 2. The molecule has 0 amide bonds. The fourth-order valence-corrected chi connectivity index (χ4v) is 5.25. The van der Waals surface area contributed by atoms with E-state index >= 15 is 0 Å². The maximum Gasteiger partial charge on any atom is 0.0399 e. The van der Waals surface area contributed by atoms with Crippen molar-refractivity contribution >= 4 is 5.69 Å². The van der Waals surface area contributed by atoms with Gasteiger partial charge in [0.25, 0.3) is 0 Å². The Balaban J connectivity index is 1.63. The Bertz CT molecular complexity index is 821. The van der Waals surface area contributed by atoms with Crippen molar-refractivity contribution in [2.24, 2.45) is 11.8 Å². The van der Waals surface area contributed by atoms with Gasteiger partial charge in [0, 0.05) is 24.7 Å². The minimum absolute atomic E-state index is 0.601. The molecule has 3 atom stereocenters. The van der Waals surface area contributed by atoms with E-state index in [-0.39, 0.29) is 0 Å². The van der Waals surface area contributed by atoms with E-state index in [1.807, 2.05) is 0 Å². The first-order chi connectivity index (χ1) is 13.7. The van der Waals surface area contributed by atoms with Crippen molar-refractivity contribution in [2.45, 2.75) is 58.3 Å². The zero-order chi connectivity index (χ0) is 19.5. The summed E-state index contributed by atoms with van der Waals surface area (Å²) in [7, 11) is 0. The molecule has 1 heteroatoms. The molecular formula is C27H35N. The molecule has 0 spiro atoms. The van der Waals surface area contributed by atoms with Crippen LogP contribution >= 0.6 is 0 Å². The van der Waals surface area contributed by atoms with Gasteiger partial charge in [0.1, 0.15) is 0 Å². The summed E-state index contributed by atoms with van der Waals surface area (Å²) in [6.07, 6.45) is 9.58. The number of nitrogens with zero attached hydrogens (tertiary/aromatic N) is 1. The van der Waals surface area contributed by atoms with Crippen LogP contribution in [0.3, 0.4) is 0 Å².